The van der Waals surface area contributed by atoms with Gasteiger partial charge in [-0.3, -0.25) is 0 Å². The SMILES string of the molecule is COC(=O)c1ccc(OP(Oc2cc3c(C(C)(C)C)cc(C(C)(C)C)cc3cc2C(C)(C)C)Oc2cc3c(C(C)(C)C)cc(C(C)(C)C)cc3cc2C(C)(C)C)cc1. The van der Waals surface area contributed by atoms with Crippen LogP contribution >= 0.6 is 8.60 Å². The first-order valence-electron chi connectivity index (χ1n) is 20.7. The summed E-state index contributed by atoms with van der Waals surface area (Å²) in [4.78, 5) is 12.3. The zero-order chi connectivity index (χ0) is 43.6. The summed E-state index contributed by atoms with van der Waals surface area (Å²) in [5.41, 5.74) is 6.88. The topological polar surface area (TPSA) is 54.0 Å². The van der Waals surface area contributed by atoms with Crippen molar-refractivity contribution < 1.29 is 23.1 Å². The molecule has 0 N–H and O–H groups in total. The zero-order valence-electron chi connectivity index (χ0n) is 38.9. The summed E-state index contributed by atoms with van der Waals surface area (Å²) >= 11 is 0. The van der Waals surface area contributed by atoms with Crippen molar-refractivity contribution in [3.05, 3.63) is 112 Å². The number of rotatable bonds is 7. The maximum absolute atomic E-state index is 12.3. The standard InChI is InChI=1S/C52H69O5P/c1-47(2,3)35-24-33-26-42(51(13,14)15)44(30-38(33)40(28-35)49(7,8)9)56-58(55-37-22-20-32(21-23-37)46(53)54-19)57-45-31-39-34(27-43(45)52(16,17)18)25-36(48(4,5)6)29-41(39)50(10,11)12/h20-31H,1-19H3. The van der Waals surface area contributed by atoms with Crippen LogP contribution in [0.15, 0.2) is 72.8 Å². The van der Waals surface area contributed by atoms with E-state index in [-0.39, 0.29) is 32.5 Å². The quantitative estimate of drug-likeness (QED) is 0.121. The molecule has 312 valence electrons. The smallest absolute Gasteiger partial charge is 0.465 e. The third-order valence-electron chi connectivity index (χ3n) is 10.9. The molecular formula is C52H69O5P. The maximum Gasteiger partial charge on any atom is 0.530 e. The minimum absolute atomic E-state index is 0.0174. The van der Waals surface area contributed by atoms with Crippen molar-refractivity contribution >= 4 is 36.1 Å². The van der Waals surface area contributed by atoms with Gasteiger partial charge in [0.05, 0.1) is 12.7 Å². The Bertz CT molecular complexity index is 2170. The van der Waals surface area contributed by atoms with Crippen molar-refractivity contribution in [3.8, 4) is 17.2 Å². The second-order valence-electron chi connectivity index (χ2n) is 22.2. The fourth-order valence-electron chi connectivity index (χ4n) is 7.29. The molecule has 0 spiro atoms. The molecule has 0 aliphatic heterocycles. The second kappa shape index (κ2) is 15.5. The molecule has 0 amide bonds. The first-order chi connectivity index (χ1) is 26.4. The Morgan fingerprint density at radius 2 is 0.793 bits per heavy atom. The van der Waals surface area contributed by atoms with E-state index in [0.29, 0.717) is 11.3 Å². The highest BCUT2D eigenvalue weighted by Crippen LogP contribution is 2.50. The van der Waals surface area contributed by atoms with Crippen molar-refractivity contribution in [1.29, 1.82) is 0 Å². The van der Waals surface area contributed by atoms with Crippen LogP contribution in [0.1, 0.15) is 168 Å². The van der Waals surface area contributed by atoms with E-state index in [9.17, 15) is 4.79 Å². The molecule has 0 saturated heterocycles. The summed E-state index contributed by atoms with van der Waals surface area (Å²) in [6, 6.07) is 25.3. The molecule has 0 atom stereocenters. The second-order valence-corrected chi connectivity index (χ2v) is 23.2. The van der Waals surface area contributed by atoms with Crippen molar-refractivity contribution in [1.82, 2.24) is 0 Å². The lowest BCUT2D eigenvalue weighted by Gasteiger charge is -2.31. The molecule has 58 heavy (non-hydrogen) atoms. The minimum Gasteiger partial charge on any atom is -0.465 e. The number of carbonyl (C=O) groups is 1. The molecule has 5 aromatic rings. The van der Waals surface area contributed by atoms with E-state index in [1.54, 1.807) is 24.3 Å². The Balaban J connectivity index is 1.77. The van der Waals surface area contributed by atoms with Gasteiger partial charge in [0.15, 0.2) is 0 Å². The molecule has 0 saturated carbocycles. The third-order valence-corrected chi connectivity index (χ3v) is 11.9. The fourth-order valence-corrected chi connectivity index (χ4v) is 8.31. The van der Waals surface area contributed by atoms with Crippen LogP contribution in [0.25, 0.3) is 21.5 Å². The van der Waals surface area contributed by atoms with E-state index in [1.165, 1.54) is 40.1 Å². The lowest BCUT2D eigenvalue weighted by atomic mass is 9.76. The van der Waals surface area contributed by atoms with Gasteiger partial charge in [0, 0.05) is 11.1 Å². The zero-order valence-corrected chi connectivity index (χ0v) is 39.8. The fraction of sp³-hybridized carbons (Fsp3) is 0.481. The van der Waals surface area contributed by atoms with Crippen LogP contribution in [0, 0.1) is 0 Å². The average Bonchev–Trinajstić information content (AvgIpc) is 3.07. The molecule has 0 unspecified atom stereocenters. The van der Waals surface area contributed by atoms with Crippen molar-refractivity contribution in [2.24, 2.45) is 0 Å². The van der Waals surface area contributed by atoms with Gasteiger partial charge < -0.3 is 18.3 Å². The lowest BCUT2D eigenvalue weighted by molar-refractivity contribution is 0.0600. The molecule has 5 aromatic carbocycles. The van der Waals surface area contributed by atoms with Gasteiger partial charge in [-0.1, -0.05) is 149 Å². The van der Waals surface area contributed by atoms with E-state index in [0.717, 1.165) is 33.4 Å². The Morgan fingerprint density at radius 1 is 0.431 bits per heavy atom. The average molecular weight is 805 g/mol. The number of fused-ring (bicyclic) bond motifs is 2. The normalized spacial score (nSPS) is 13.3. The first-order valence-corrected chi connectivity index (χ1v) is 21.8. The van der Waals surface area contributed by atoms with Crippen LogP contribution in [0.4, 0.5) is 0 Å². The summed E-state index contributed by atoms with van der Waals surface area (Å²) in [6.07, 6.45) is 0. The molecule has 0 bridgehead atoms. The predicted octanol–water partition coefficient (Wildman–Crippen LogP) is 15.3. The van der Waals surface area contributed by atoms with Gasteiger partial charge in [-0.15, -0.1) is 0 Å². The van der Waals surface area contributed by atoms with Crippen molar-refractivity contribution in [2.75, 3.05) is 7.11 Å². The van der Waals surface area contributed by atoms with Crippen molar-refractivity contribution in [2.45, 2.75) is 157 Å². The van der Waals surface area contributed by atoms with E-state index in [1.807, 2.05) is 0 Å². The summed E-state index contributed by atoms with van der Waals surface area (Å²) in [5.74, 6) is 1.54. The monoisotopic (exact) mass is 804 g/mol. The van der Waals surface area contributed by atoms with Gasteiger partial charge in [0.25, 0.3) is 0 Å². The van der Waals surface area contributed by atoms with Gasteiger partial charge in [0.2, 0.25) is 0 Å². The Morgan fingerprint density at radius 3 is 1.10 bits per heavy atom. The molecule has 0 radical (unpaired) electrons. The van der Waals surface area contributed by atoms with E-state index >= 15 is 0 Å². The van der Waals surface area contributed by atoms with Gasteiger partial charge in [-0.25, -0.2) is 4.79 Å². The summed E-state index contributed by atoms with van der Waals surface area (Å²) in [5, 5.41) is 4.67. The summed E-state index contributed by atoms with van der Waals surface area (Å²) in [6.45, 7) is 40.6. The van der Waals surface area contributed by atoms with Crippen molar-refractivity contribution in [3.63, 3.8) is 0 Å². The number of methoxy groups -OCH3 is 1. The molecule has 0 aromatic heterocycles. The molecule has 0 fully saturated rings. The molecule has 5 nitrogen and oxygen atoms in total. The highest BCUT2D eigenvalue weighted by atomic mass is 31.2. The number of benzene rings is 5. The number of hydrogen-bond donors (Lipinski definition) is 0. The molecule has 6 heteroatoms. The molecule has 5 rings (SSSR count). The minimum atomic E-state index is -2.10. The third kappa shape index (κ3) is 10.0. The van der Waals surface area contributed by atoms with Crippen LogP contribution in [-0.2, 0) is 37.2 Å². The van der Waals surface area contributed by atoms with Crippen LogP contribution < -0.4 is 13.6 Å². The van der Waals surface area contributed by atoms with Gasteiger partial charge in [-0.2, -0.15) is 0 Å². The van der Waals surface area contributed by atoms with Crippen LogP contribution in [0.5, 0.6) is 17.2 Å². The lowest BCUT2D eigenvalue weighted by Crippen LogP contribution is -2.19. The van der Waals surface area contributed by atoms with Crippen LogP contribution in [0.2, 0.25) is 0 Å². The van der Waals surface area contributed by atoms with Gasteiger partial charge in [0.1, 0.15) is 17.2 Å². The maximum atomic E-state index is 12.3. The summed E-state index contributed by atoms with van der Waals surface area (Å²) in [7, 11) is -0.717. The summed E-state index contributed by atoms with van der Waals surface area (Å²) < 4.78 is 26.0. The van der Waals surface area contributed by atoms with Gasteiger partial charge in [-0.05, 0) is 125 Å². The van der Waals surface area contributed by atoms with Crippen LogP contribution in [0.3, 0.4) is 0 Å². The molecule has 0 aliphatic carbocycles. The Labute approximate surface area is 351 Å². The van der Waals surface area contributed by atoms with Crippen LogP contribution in [-0.4, -0.2) is 13.1 Å². The number of ether oxygens (including phenoxy) is 1. The van der Waals surface area contributed by atoms with E-state index < -0.39 is 14.6 Å². The highest BCUT2D eigenvalue weighted by molar-refractivity contribution is 7.43. The molecule has 0 aliphatic rings. The van der Waals surface area contributed by atoms with E-state index in [2.05, 4.69) is 173 Å². The highest BCUT2D eigenvalue weighted by Gasteiger charge is 2.32. The number of esters is 1. The predicted molar refractivity (Wildman–Crippen MR) is 247 cm³/mol. The Kier molecular flexibility index (Phi) is 12.0. The number of hydrogen-bond acceptors (Lipinski definition) is 5. The van der Waals surface area contributed by atoms with Gasteiger partial charge >= 0.3 is 14.6 Å². The Hall–Kier alpha value is -4.08. The molecule has 0 heterocycles. The number of carbonyl (C=O) groups excluding carboxylic acids is 1. The molecular weight excluding hydrogens is 736 g/mol. The largest absolute Gasteiger partial charge is 0.530 e. The first kappa shape index (κ1) is 45.0. The van der Waals surface area contributed by atoms with E-state index in [4.69, 9.17) is 18.3 Å².